The van der Waals surface area contributed by atoms with Gasteiger partial charge in [-0.1, -0.05) is 26.0 Å². The third-order valence-electron chi connectivity index (χ3n) is 4.63. The summed E-state index contributed by atoms with van der Waals surface area (Å²) in [6.07, 6.45) is 0.142. The van der Waals surface area contributed by atoms with Gasteiger partial charge in [-0.3, -0.25) is 4.79 Å². The minimum atomic E-state index is -0.479. The summed E-state index contributed by atoms with van der Waals surface area (Å²) in [5.41, 5.74) is 0.915. The average molecular weight is 376 g/mol. The first-order chi connectivity index (χ1) is 12.9. The van der Waals surface area contributed by atoms with E-state index in [0.29, 0.717) is 11.8 Å². The molecule has 0 aliphatic carbocycles. The summed E-state index contributed by atoms with van der Waals surface area (Å²) >= 11 is 0. The van der Waals surface area contributed by atoms with Crippen LogP contribution in [0.4, 0.5) is 0 Å². The lowest BCUT2D eigenvalue weighted by Crippen LogP contribution is -2.40. The Bertz CT molecular complexity index is 697. The Hall–Kier alpha value is -2.57. The van der Waals surface area contributed by atoms with Gasteiger partial charge in [0, 0.05) is 5.92 Å². The van der Waals surface area contributed by atoms with E-state index in [1.54, 1.807) is 21.3 Å². The number of ether oxygens (including phenoxy) is 4. The van der Waals surface area contributed by atoms with Gasteiger partial charge in [0.1, 0.15) is 17.8 Å². The van der Waals surface area contributed by atoms with Crippen LogP contribution in [0.5, 0.6) is 5.75 Å². The van der Waals surface area contributed by atoms with Crippen LogP contribution in [0.15, 0.2) is 34.3 Å². The number of methoxy groups -OCH3 is 4. The van der Waals surface area contributed by atoms with Gasteiger partial charge < -0.3 is 18.9 Å². The van der Waals surface area contributed by atoms with Crippen molar-refractivity contribution in [2.75, 3.05) is 28.4 Å². The van der Waals surface area contributed by atoms with E-state index < -0.39 is 6.04 Å². The molecule has 7 heteroatoms. The molecule has 1 aromatic carbocycles. The van der Waals surface area contributed by atoms with Crippen molar-refractivity contribution in [2.45, 2.75) is 38.3 Å². The SMILES string of the molecule is COC(=O)CC(c1ccc(OC)cc1)[C@@H]1N=C(OC)[C@@H](C(C)C)N=C1OC. The van der Waals surface area contributed by atoms with E-state index >= 15 is 0 Å². The van der Waals surface area contributed by atoms with E-state index in [1.165, 1.54) is 7.11 Å². The van der Waals surface area contributed by atoms with Gasteiger partial charge in [-0.15, -0.1) is 0 Å². The molecule has 0 spiro atoms. The molecule has 3 atom stereocenters. The molecule has 0 amide bonds. The maximum absolute atomic E-state index is 12.1. The highest BCUT2D eigenvalue weighted by atomic mass is 16.5. The van der Waals surface area contributed by atoms with Crippen molar-refractivity contribution < 1.29 is 23.7 Å². The van der Waals surface area contributed by atoms with Crippen LogP contribution in [0, 0.1) is 5.92 Å². The van der Waals surface area contributed by atoms with E-state index in [0.717, 1.165) is 11.3 Å². The Balaban J connectivity index is 2.47. The first kappa shape index (κ1) is 20.7. The second kappa shape index (κ2) is 9.39. The normalized spacial score (nSPS) is 20.4. The second-order valence-corrected chi connectivity index (χ2v) is 6.64. The van der Waals surface area contributed by atoms with Crippen LogP contribution in [-0.4, -0.2) is 58.3 Å². The van der Waals surface area contributed by atoms with Crippen LogP contribution >= 0.6 is 0 Å². The highest BCUT2D eigenvalue weighted by Gasteiger charge is 2.37. The molecule has 0 aromatic heterocycles. The van der Waals surface area contributed by atoms with Gasteiger partial charge in [0.15, 0.2) is 0 Å². The van der Waals surface area contributed by atoms with Crippen LogP contribution in [0.2, 0.25) is 0 Å². The molecule has 148 valence electrons. The number of benzene rings is 1. The molecule has 1 aromatic rings. The lowest BCUT2D eigenvalue weighted by Gasteiger charge is -2.31. The first-order valence-electron chi connectivity index (χ1n) is 8.89. The molecule has 1 aliphatic rings. The molecule has 1 heterocycles. The van der Waals surface area contributed by atoms with Crippen molar-refractivity contribution in [1.82, 2.24) is 0 Å². The molecular formula is C20H28N2O5. The predicted octanol–water partition coefficient (Wildman–Crippen LogP) is 2.84. The van der Waals surface area contributed by atoms with Gasteiger partial charge >= 0.3 is 5.97 Å². The van der Waals surface area contributed by atoms with E-state index in [-0.39, 0.29) is 30.3 Å². The summed E-state index contributed by atoms with van der Waals surface area (Å²) in [4.78, 5) is 21.5. The molecule has 1 unspecified atom stereocenters. The Labute approximate surface area is 160 Å². The lowest BCUT2D eigenvalue weighted by atomic mass is 9.87. The number of hydrogen-bond acceptors (Lipinski definition) is 7. The Morgan fingerprint density at radius 1 is 0.926 bits per heavy atom. The van der Waals surface area contributed by atoms with Gasteiger partial charge in [0.2, 0.25) is 11.8 Å². The predicted molar refractivity (Wildman–Crippen MR) is 104 cm³/mol. The standard InChI is InChI=1S/C20H28N2O5/c1-12(2)17-19(26-5)22-18(20(21-17)27-6)15(11-16(23)25-4)13-7-9-14(24-3)10-8-13/h7-10,12,15,17-18H,11H2,1-6H3/t15?,17-,18+/m1/s1. The van der Waals surface area contributed by atoms with Gasteiger partial charge in [0.05, 0.1) is 34.9 Å². The quantitative estimate of drug-likeness (QED) is 0.714. The molecule has 27 heavy (non-hydrogen) atoms. The molecule has 2 rings (SSSR count). The molecule has 0 fully saturated rings. The van der Waals surface area contributed by atoms with Crippen LogP contribution in [0.1, 0.15) is 31.7 Å². The maximum atomic E-state index is 12.1. The molecule has 0 saturated carbocycles. The highest BCUT2D eigenvalue weighted by molar-refractivity contribution is 5.95. The number of nitrogens with zero attached hydrogens (tertiary/aromatic N) is 2. The third-order valence-corrected chi connectivity index (χ3v) is 4.63. The van der Waals surface area contributed by atoms with E-state index in [4.69, 9.17) is 28.9 Å². The van der Waals surface area contributed by atoms with Crippen LogP contribution in [0.25, 0.3) is 0 Å². The number of aliphatic imine (C=N–C) groups is 2. The summed E-state index contributed by atoms with van der Waals surface area (Å²) in [7, 11) is 6.14. The monoisotopic (exact) mass is 376 g/mol. The Morgan fingerprint density at radius 2 is 1.48 bits per heavy atom. The summed E-state index contributed by atoms with van der Waals surface area (Å²) in [6.45, 7) is 4.09. The van der Waals surface area contributed by atoms with Crippen molar-refractivity contribution in [3.8, 4) is 5.75 Å². The topological polar surface area (TPSA) is 78.7 Å². The van der Waals surface area contributed by atoms with Crippen LogP contribution < -0.4 is 4.74 Å². The number of carbonyl (C=O) groups is 1. The lowest BCUT2D eigenvalue weighted by molar-refractivity contribution is -0.141. The van der Waals surface area contributed by atoms with Crippen LogP contribution in [-0.2, 0) is 19.0 Å². The second-order valence-electron chi connectivity index (χ2n) is 6.64. The van der Waals surface area contributed by atoms with Crippen molar-refractivity contribution in [3.63, 3.8) is 0 Å². The molecule has 0 bridgehead atoms. The fourth-order valence-electron chi connectivity index (χ4n) is 3.11. The summed E-state index contributed by atoms with van der Waals surface area (Å²) < 4.78 is 21.2. The number of hydrogen-bond donors (Lipinski definition) is 0. The smallest absolute Gasteiger partial charge is 0.306 e. The molecular weight excluding hydrogens is 348 g/mol. The number of rotatable bonds is 6. The van der Waals surface area contributed by atoms with Gasteiger partial charge in [0.25, 0.3) is 0 Å². The van der Waals surface area contributed by atoms with E-state index in [1.807, 2.05) is 38.1 Å². The number of carbonyl (C=O) groups excluding carboxylic acids is 1. The van der Waals surface area contributed by atoms with Gasteiger partial charge in [-0.05, 0) is 23.6 Å². The average Bonchev–Trinajstić information content (AvgIpc) is 2.70. The van der Waals surface area contributed by atoms with Gasteiger partial charge in [-0.2, -0.15) is 0 Å². The first-order valence-corrected chi connectivity index (χ1v) is 8.89. The Morgan fingerprint density at radius 3 is 1.96 bits per heavy atom. The van der Waals surface area contributed by atoms with Crippen molar-refractivity contribution >= 4 is 17.8 Å². The highest BCUT2D eigenvalue weighted by Crippen LogP contribution is 2.32. The molecule has 1 aliphatic heterocycles. The summed E-state index contributed by atoms with van der Waals surface area (Å²) in [5.74, 6) is 1.33. The molecule has 7 nitrogen and oxygen atoms in total. The summed E-state index contributed by atoms with van der Waals surface area (Å²) in [6, 6.07) is 6.84. The zero-order valence-electron chi connectivity index (χ0n) is 16.8. The zero-order valence-corrected chi connectivity index (χ0v) is 16.8. The molecule has 0 N–H and O–H groups in total. The van der Waals surface area contributed by atoms with E-state index in [9.17, 15) is 4.79 Å². The van der Waals surface area contributed by atoms with Crippen molar-refractivity contribution in [1.29, 1.82) is 0 Å². The minimum Gasteiger partial charge on any atom is -0.497 e. The minimum absolute atomic E-state index is 0.142. The van der Waals surface area contributed by atoms with Crippen molar-refractivity contribution in [2.24, 2.45) is 15.9 Å². The largest absolute Gasteiger partial charge is 0.497 e. The molecule has 0 radical (unpaired) electrons. The summed E-state index contributed by atoms with van der Waals surface area (Å²) in [5, 5.41) is 0. The maximum Gasteiger partial charge on any atom is 0.306 e. The Kier molecular flexibility index (Phi) is 7.21. The van der Waals surface area contributed by atoms with E-state index in [2.05, 4.69) is 0 Å². The van der Waals surface area contributed by atoms with Gasteiger partial charge in [-0.25, -0.2) is 9.98 Å². The molecule has 0 saturated heterocycles. The fourth-order valence-corrected chi connectivity index (χ4v) is 3.11. The zero-order chi connectivity index (χ0) is 20.0. The third kappa shape index (κ3) is 4.78. The fraction of sp³-hybridized carbons (Fsp3) is 0.550. The number of esters is 1. The van der Waals surface area contributed by atoms with Crippen molar-refractivity contribution in [3.05, 3.63) is 29.8 Å². The van der Waals surface area contributed by atoms with Crippen LogP contribution in [0.3, 0.4) is 0 Å².